The monoisotopic (exact) mass is 712 g/mol. The first-order valence-electron chi connectivity index (χ1n) is 17.5. The minimum absolute atomic E-state index is 0.0545. The van der Waals surface area contributed by atoms with Crippen LogP contribution in [0.2, 0.25) is 0 Å². The average Bonchev–Trinajstić information content (AvgIpc) is 3.91. The summed E-state index contributed by atoms with van der Waals surface area (Å²) in [5, 5.41) is 9.09. The van der Waals surface area contributed by atoms with E-state index >= 15 is 4.39 Å². The second-order valence-electron chi connectivity index (χ2n) is 13.0. The van der Waals surface area contributed by atoms with Crippen LogP contribution in [0, 0.1) is 5.82 Å². The number of methoxy groups -OCH3 is 2. The van der Waals surface area contributed by atoms with E-state index in [9.17, 15) is 9.59 Å². The van der Waals surface area contributed by atoms with Gasteiger partial charge in [0.25, 0.3) is 5.91 Å². The molecule has 53 heavy (non-hydrogen) atoms. The van der Waals surface area contributed by atoms with E-state index in [2.05, 4.69) is 20.3 Å². The number of rotatable bonds is 9. The number of amides is 2. The molecule has 0 atom stereocenters. The zero-order chi connectivity index (χ0) is 36.5. The first-order valence-corrected chi connectivity index (χ1v) is 17.5. The molecule has 0 saturated carbocycles. The standard InChI is InChI=1S/C40H37FN8O4/c1-52-34-10-5-14-42-37(34)25-11-17-47(18-12-25)40(51)33-22-30-29(31-23-43-32-9-4-3-8-27(32)39(31)53-2)21-28(36(41)38(30)45-33)26-7-6-16-48(24-26)35(50)13-19-49-20-15-44-46-49/h3-5,7-11,14-15,20-23,45H,6,12-13,16-19,24H2,1-2H3. The number of aromatic nitrogens is 6. The second-order valence-corrected chi connectivity index (χ2v) is 13.0. The number of H-pyrrole nitrogens is 1. The van der Waals surface area contributed by atoms with Crippen molar-refractivity contribution in [2.24, 2.45) is 0 Å². The van der Waals surface area contributed by atoms with E-state index in [4.69, 9.17) is 14.5 Å². The van der Waals surface area contributed by atoms with Crippen molar-refractivity contribution >= 4 is 44.8 Å². The van der Waals surface area contributed by atoms with Crippen molar-refractivity contribution in [1.82, 2.24) is 39.7 Å². The molecular formula is C40H37FN8O4. The van der Waals surface area contributed by atoms with Gasteiger partial charge < -0.3 is 24.3 Å². The fourth-order valence-electron chi connectivity index (χ4n) is 7.27. The maximum atomic E-state index is 16.9. The third-order valence-corrected chi connectivity index (χ3v) is 9.97. The highest BCUT2D eigenvalue weighted by atomic mass is 19.1. The molecule has 13 heteroatoms. The predicted molar refractivity (Wildman–Crippen MR) is 199 cm³/mol. The number of nitrogens with one attached hydrogen (secondary N) is 1. The SMILES string of the molecule is COc1cccnc1C1=CCN(C(=O)c2cc3c(-c4cnc5ccccc5c4OC)cc(C4=CCCN(C(=O)CCn5ccnn5)C4)c(F)c3[nH]2)CC1. The number of carbonyl (C=O) groups is 2. The van der Waals surface area contributed by atoms with Gasteiger partial charge in [0.15, 0.2) is 5.82 Å². The summed E-state index contributed by atoms with van der Waals surface area (Å²) in [7, 11) is 3.21. The summed E-state index contributed by atoms with van der Waals surface area (Å²) in [6, 6.07) is 14.9. The zero-order valence-electron chi connectivity index (χ0n) is 29.4. The Labute approximate surface area is 304 Å². The molecule has 6 aromatic rings. The third-order valence-electron chi connectivity index (χ3n) is 9.97. The van der Waals surface area contributed by atoms with Gasteiger partial charge in [-0.1, -0.05) is 29.5 Å². The van der Waals surface area contributed by atoms with Crippen molar-refractivity contribution < 1.29 is 23.5 Å². The van der Waals surface area contributed by atoms with E-state index in [0.717, 1.165) is 22.2 Å². The smallest absolute Gasteiger partial charge is 0.270 e. The van der Waals surface area contributed by atoms with Crippen molar-refractivity contribution in [2.75, 3.05) is 40.4 Å². The molecule has 0 aliphatic carbocycles. The minimum Gasteiger partial charge on any atom is -0.495 e. The topological polar surface area (TPSA) is 131 Å². The summed E-state index contributed by atoms with van der Waals surface area (Å²) in [6.07, 6.45) is 12.1. The van der Waals surface area contributed by atoms with E-state index in [0.29, 0.717) is 78.2 Å². The van der Waals surface area contributed by atoms with Gasteiger partial charge in [0.05, 0.1) is 38.0 Å². The number of carbonyl (C=O) groups excluding carboxylic acids is 2. The number of hydrogen-bond donors (Lipinski definition) is 1. The van der Waals surface area contributed by atoms with Gasteiger partial charge in [0, 0.05) is 73.1 Å². The summed E-state index contributed by atoms with van der Waals surface area (Å²) < 4.78 is 30.0. The number of pyridine rings is 2. The highest BCUT2D eigenvalue weighted by Crippen LogP contribution is 2.42. The maximum Gasteiger partial charge on any atom is 0.270 e. The summed E-state index contributed by atoms with van der Waals surface area (Å²) >= 11 is 0. The van der Waals surface area contributed by atoms with Crippen molar-refractivity contribution in [3.8, 4) is 22.6 Å². The first kappa shape index (κ1) is 33.8. The van der Waals surface area contributed by atoms with Crippen molar-refractivity contribution in [1.29, 1.82) is 0 Å². The number of ether oxygens (including phenoxy) is 2. The normalized spacial score (nSPS) is 14.7. The number of halogens is 1. The second kappa shape index (κ2) is 14.3. The van der Waals surface area contributed by atoms with Crippen LogP contribution in [0.15, 0.2) is 85.5 Å². The molecule has 0 saturated heterocycles. The van der Waals surface area contributed by atoms with Gasteiger partial charge in [-0.05, 0) is 65.9 Å². The Bertz CT molecular complexity index is 2420. The van der Waals surface area contributed by atoms with Gasteiger partial charge in [0.2, 0.25) is 5.91 Å². The summed E-state index contributed by atoms with van der Waals surface area (Å²) in [4.78, 5) is 43.2. The Kier molecular flexibility index (Phi) is 9.13. The van der Waals surface area contributed by atoms with Crippen LogP contribution in [0.4, 0.5) is 4.39 Å². The lowest BCUT2D eigenvalue weighted by Crippen LogP contribution is -2.36. The average molecular weight is 713 g/mol. The van der Waals surface area contributed by atoms with Gasteiger partial charge in [0.1, 0.15) is 22.9 Å². The van der Waals surface area contributed by atoms with E-state index in [1.54, 1.807) is 65.6 Å². The summed E-state index contributed by atoms with van der Waals surface area (Å²) in [5.74, 6) is 0.465. The van der Waals surface area contributed by atoms with Gasteiger partial charge in [-0.3, -0.25) is 24.2 Å². The number of nitrogens with zero attached hydrogens (tertiary/aromatic N) is 7. The minimum atomic E-state index is -0.498. The predicted octanol–water partition coefficient (Wildman–Crippen LogP) is 6.16. The van der Waals surface area contributed by atoms with Gasteiger partial charge in [-0.15, -0.1) is 5.10 Å². The van der Waals surface area contributed by atoms with E-state index in [-0.39, 0.29) is 36.0 Å². The Morgan fingerprint density at radius 1 is 0.906 bits per heavy atom. The van der Waals surface area contributed by atoms with Crippen LogP contribution in [0.25, 0.3) is 44.1 Å². The van der Waals surface area contributed by atoms with Crippen LogP contribution < -0.4 is 9.47 Å². The Morgan fingerprint density at radius 2 is 1.79 bits per heavy atom. The molecule has 1 N–H and O–H groups in total. The van der Waals surface area contributed by atoms with Crippen molar-refractivity contribution in [2.45, 2.75) is 25.8 Å². The Hall–Kier alpha value is -6.37. The Balaban J connectivity index is 1.17. The first-order chi connectivity index (χ1) is 25.9. The number of para-hydroxylation sites is 1. The van der Waals surface area contributed by atoms with Gasteiger partial charge in [-0.25, -0.2) is 4.39 Å². The number of aryl methyl sites for hydroxylation is 1. The van der Waals surface area contributed by atoms with Crippen LogP contribution >= 0.6 is 0 Å². The van der Waals surface area contributed by atoms with E-state index in [1.165, 1.54) is 0 Å². The van der Waals surface area contributed by atoms with Crippen molar-refractivity contribution in [3.63, 3.8) is 0 Å². The molecule has 12 nitrogen and oxygen atoms in total. The molecular weight excluding hydrogens is 675 g/mol. The molecule has 268 valence electrons. The Morgan fingerprint density at radius 3 is 2.58 bits per heavy atom. The lowest BCUT2D eigenvalue weighted by Gasteiger charge is -2.28. The molecule has 0 bridgehead atoms. The fourth-order valence-corrected chi connectivity index (χ4v) is 7.27. The van der Waals surface area contributed by atoms with Crippen molar-refractivity contribution in [3.05, 3.63) is 108 Å². The summed E-state index contributed by atoms with van der Waals surface area (Å²) in [5.41, 5.74) is 5.31. The maximum absolute atomic E-state index is 16.9. The molecule has 0 unspecified atom stereocenters. The third kappa shape index (κ3) is 6.39. The van der Waals surface area contributed by atoms with Crippen LogP contribution in [0.1, 0.15) is 41.0 Å². The van der Waals surface area contributed by atoms with Crippen LogP contribution in [0.3, 0.4) is 0 Å². The fraction of sp³-hybridized carbons (Fsp3) is 0.250. The van der Waals surface area contributed by atoms with E-state index in [1.807, 2.05) is 48.6 Å². The van der Waals surface area contributed by atoms with E-state index < -0.39 is 5.82 Å². The van der Waals surface area contributed by atoms with Crippen LogP contribution in [-0.4, -0.2) is 92.0 Å². The molecule has 0 spiro atoms. The highest BCUT2D eigenvalue weighted by Gasteiger charge is 2.28. The lowest BCUT2D eigenvalue weighted by atomic mass is 9.92. The number of fused-ring (bicyclic) bond motifs is 2. The van der Waals surface area contributed by atoms with Crippen LogP contribution in [-0.2, 0) is 11.3 Å². The quantitative estimate of drug-likeness (QED) is 0.189. The van der Waals surface area contributed by atoms with Gasteiger partial charge in [-0.2, -0.15) is 0 Å². The summed E-state index contributed by atoms with van der Waals surface area (Å²) in [6.45, 7) is 1.98. The molecule has 0 fully saturated rings. The molecule has 2 aliphatic rings. The zero-order valence-corrected chi connectivity index (χ0v) is 29.4. The molecule has 0 radical (unpaired) electrons. The number of aromatic amines is 1. The molecule has 4 aromatic heterocycles. The molecule has 2 aliphatic heterocycles. The van der Waals surface area contributed by atoms with Gasteiger partial charge >= 0.3 is 0 Å². The van der Waals surface area contributed by atoms with Crippen LogP contribution in [0.5, 0.6) is 11.5 Å². The molecule has 6 heterocycles. The molecule has 8 rings (SSSR count). The number of hydrogen-bond acceptors (Lipinski definition) is 8. The number of benzene rings is 2. The lowest BCUT2D eigenvalue weighted by molar-refractivity contribution is -0.131. The molecule has 2 aromatic carbocycles. The largest absolute Gasteiger partial charge is 0.495 e. The highest BCUT2D eigenvalue weighted by molar-refractivity contribution is 6.07. The molecule has 2 amide bonds.